The molecule has 1 atom stereocenters. The quantitative estimate of drug-likeness (QED) is 0.895. The van der Waals surface area contributed by atoms with Gasteiger partial charge in [-0.3, -0.25) is 4.90 Å². The molecule has 1 saturated heterocycles. The lowest BCUT2D eigenvalue weighted by Gasteiger charge is -2.38. The van der Waals surface area contributed by atoms with Gasteiger partial charge in [0.2, 0.25) is 0 Å². The summed E-state index contributed by atoms with van der Waals surface area (Å²) in [5.41, 5.74) is 7.49. The molecule has 0 radical (unpaired) electrons. The van der Waals surface area contributed by atoms with E-state index < -0.39 is 0 Å². The van der Waals surface area contributed by atoms with Crippen LogP contribution in [0.5, 0.6) is 0 Å². The molecule has 1 aromatic rings. The van der Waals surface area contributed by atoms with E-state index in [1.54, 1.807) is 0 Å². The largest absolute Gasteiger partial charge is 0.329 e. The second-order valence-corrected chi connectivity index (χ2v) is 5.85. The van der Waals surface area contributed by atoms with Gasteiger partial charge in [-0.05, 0) is 50.9 Å². The second-order valence-electron chi connectivity index (χ2n) is 5.41. The van der Waals surface area contributed by atoms with Crippen molar-refractivity contribution in [3.63, 3.8) is 0 Å². The molecule has 94 valence electrons. The molecule has 0 aliphatic carbocycles. The zero-order chi connectivity index (χ0) is 12.5. The van der Waals surface area contributed by atoms with Crippen molar-refractivity contribution in [1.82, 2.24) is 4.90 Å². The van der Waals surface area contributed by atoms with Crippen molar-refractivity contribution < 1.29 is 0 Å². The van der Waals surface area contributed by atoms with Gasteiger partial charge in [0.1, 0.15) is 0 Å². The molecule has 0 amide bonds. The zero-order valence-corrected chi connectivity index (χ0v) is 11.4. The first kappa shape index (κ1) is 12.9. The fraction of sp³-hybridized carbons (Fsp3) is 0.571. The summed E-state index contributed by atoms with van der Waals surface area (Å²) < 4.78 is 0. The van der Waals surface area contributed by atoms with E-state index in [2.05, 4.69) is 30.9 Å². The highest BCUT2D eigenvalue weighted by Gasteiger charge is 2.36. The molecule has 0 bridgehead atoms. The molecule has 2 nitrogen and oxygen atoms in total. The van der Waals surface area contributed by atoms with E-state index in [1.165, 1.54) is 18.4 Å². The zero-order valence-electron chi connectivity index (χ0n) is 10.6. The average Bonchev–Trinajstić information content (AvgIpc) is 2.63. The van der Waals surface area contributed by atoms with E-state index in [-0.39, 0.29) is 5.54 Å². The maximum atomic E-state index is 5.97. The molecule has 3 heteroatoms. The molecule has 17 heavy (non-hydrogen) atoms. The van der Waals surface area contributed by atoms with E-state index in [1.807, 2.05) is 12.1 Å². The first-order valence-corrected chi connectivity index (χ1v) is 6.65. The van der Waals surface area contributed by atoms with Gasteiger partial charge in [-0.2, -0.15) is 0 Å². The van der Waals surface area contributed by atoms with Gasteiger partial charge in [-0.15, -0.1) is 0 Å². The van der Waals surface area contributed by atoms with Crippen LogP contribution in [0, 0.1) is 0 Å². The minimum Gasteiger partial charge on any atom is -0.329 e. The standard InChI is InChI=1S/C14H21ClN2/c1-14(2)8-3-9-17(14)13(10-16)11-4-6-12(15)7-5-11/h4-7,13H,3,8-10,16H2,1-2H3. The van der Waals surface area contributed by atoms with Gasteiger partial charge >= 0.3 is 0 Å². The minimum absolute atomic E-state index is 0.254. The summed E-state index contributed by atoms with van der Waals surface area (Å²) in [6, 6.07) is 8.39. The number of benzene rings is 1. The average molecular weight is 253 g/mol. The Morgan fingerprint density at radius 2 is 2.00 bits per heavy atom. The van der Waals surface area contributed by atoms with Crippen molar-refractivity contribution in [3.05, 3.63) is 34.9 Å². The Labute approximate surface area is 109 Å². The van der Waals surface area contributed by atoms with E-state index in [0.717, 1.165) is 11.6 Å². The molecule has 1 aliphatic rings. The Kier molecular flexibility index (Phi) is 3.76. The molecule has 1 aliphatic heterocycles. The number of halogens is 1. The summed E-state index contributed by atoms with van der Waals surface area (Å²) in [5.74, 6) is 0. The van der Waals surface area contributed by atoms with Crippen LogP contribution < -0.4 is 5.73 Å². The monoisotopic (exact) mass is 252 g/mol. The summed E-state index contributed by atoms with van der Waals surface area (Å²) >= 11 is 5.93. The number of nitrogens with zero attached hydrogens (tertiary/aromatic N) is 1. The summed E-state index contributed by atoms with van der Waals surface area (Å²) in [6.45, 7) is 6.40. The van der Waals surface area contributed by atoms with Gasteiger partial charge in [0.25, 0.3) is 0 Å². The van der Waals surface area contributed by atoms with Crippen LogP contribution in [0.15, 0.2) is 24.3 Å². The van der Waals surface area contributed by atoms with Gasteiger partial charge in [-0.1, -0.05) is 23.7 Å². The molecule has 0 spiro atoms. The third kappa shape index (κ3) is 2.65. The maximum absolute atomic E-state index is 5.97. The number of nitrogens with two attached hydrogens (primary N) is 1. The molecule has 0 saturated carbocycles. The van der Waals surface area contributed by atoms with Crippen LogP contribution in [0.4, 0.5) is 0 Å². The van der Waals surface area contributed by atoms with Crippen molar-refractivity contribution in [1.29, 1.82) is 0 Å². The van der Waals surface area contributed by atoms with Crippen LogP contribution in [0.3, 0.4) is 0 Å². The van der Waals surface area contributed by atoms with Crippen LogP contribution in [-0.4, -0.2) is 23.5 Å². The molecular weight excluding hydrogens is 232 g/mol. The fourth-order valence-corrected chi connectivity index (χ4v) is 2.96. The SMILES string of the molecule is CC1(C)CCCN1C(CN)c1ccc(Cl)cc1. The van der Waals surface area contributed by atoms with E-state index in [9.17, 15) is 0 Å². The summed E-state index contributed by atoms with van der Waals surface area (Å²) in [4.78, 5) is 2.52. The Morgan fingerprint density at radius 1 is 1.35 bits per heavy atom. The fourth-order valence-electron chi connectivity index (χ4n) is 2.83. The van der Waals surface area contributed by atoms with E-state index >= 15 is 0 Å². The van der Waals surface area contributed by atoms with Crippen molar-refractivity contribution in [2.75, 3.05) is 13.1 Å². The molecule has 1 unspecified atom stereocenters. The molecule has 0 aromatic heterocycles. The lowest BCUT2D eigenvalue weighted by Crippen LogP contribution is -2.43. The Balaban J connectivity index is 2.24. The first-order chi connectivity index (χ1) is 8.04. The van der Waals surface area contributed by atoms with Crippen LogP contribution in [0.25, 0.3) is 0 Å². The lowest BCUT2D eigenvalue weighted by atomic mass is 9.97. The molecule has 1 heterocycles. The Hall–Kier alpha value is -0.570. The number of rotatable bonds is 3. The Bertz CT molecular complexity index is 372. The highest BCUT2D eigenvalue weighted by atomic mass is 35.5. The number of hydrogen-bond donors (Lipinski definition) is 1. The minimum atomic E-state index is 0.254. The third-order valence-electron chi connectivity index (χ3n) is 3.82. The molecule has 2 rings (SSSR count). The van der Waals surface area contributed by atoms with Crippen molar-refractivity contribution in [2.24, 2.45) is 5.73 Å². The highest BCUT2D eigenvalue weighted by molar-refractivity contribution is 6.30. The van der Waals surface area contributed by atoms with Crippen LogP contribution >= 0.6 is 11.6 Å². The number of hydrogen-bond acceptors (Lipinski definition) is 2. The Morgan fingerprint density at radius 3 is 2.47 bits per heavy atom. The van der Waals surface area contributed by atoms with Crippen LogP contribution in [-0.2, 0) is 0 Å². The van der Waals surface area contributed by atoms with Gasteiger partial charge < -0.3 is 5.73 Å². The summed E-state index contributed by atoms with van der Waals surface area (Å²) in [5, 5.41) is 0.783. The lowest BCUT2D eigenvalue weighted by molar-refractivity contribution is 0.119. The van der Waals surface area contributed by atoms with Gasteiger partial charge in [0.05, 0.1) is 0 Å². The maximum Gasteiger partial charge on any atom is 0.0475 e. The number of likely N-dealkylation sites (tertiary alicyclic amines) is 1. The van der Waals surface area contributed by atoms with Crippen molar-refractivity contribution >= 4 is 11.6 Å². The summed E-state index contributed by atoms with van der Waals surface area (Å²) in [7, 11) is 0. The van der Waals surface area contributed by atoms with Gasteiger partial charge in [-0.25, -0.2) is 0 Å². The molecule has 1 fully saturated rings. The second kappa shape index (κ2) is 4.97. The van der Waals surface area contributed by atoms with Crippen LogP contribution in [0.2, 0.25) is 5.02 Å². The predicted octanol–water partition coefficient (Wildman–Crippen LogP) is 3.21. The predicted molar refractivity (Wildman–Crippen MR) is 73.3 cm³/mol. The summed E-state index contributed by atoms with van der Waals surface area (Å²) in [6.07, 6.45) is 2.51. The third-order valence-corrected chi connectivity index (χ3v) is 4.07. The first-order valence-electron chi connectivity index (χ1n) is 6.27. The van der Waals surface area contributed by atoms with E-state index in [0.29, 0.717) is 12.6 Å². The molecular formula is C14H21ClN2. The molecule has 1 aromatic carbocycles. The van der Waals surface area contributed by atoms with Crippen LogP contribution in [0.1, 0.15) is 38.3 Å². The highest BCUT2D eigenvalue weighted by Crippen LogP contribution is 2.36. The smallest absolute Gasteiger partial charge is 0.0475 e. The van der Waals surface area contributed by atoms with Gasteiger partial charge in [0, 0.05) is 23.1 Å². The normalized spacial score (nSPS) is 21.6. The van der Waals surface area contributed by atoms with Crippen molar-refractivity contribution in [3.8, 4) is 0 Å². The topological polar surface area (TPSA) is 29.3 Å². The molecule has 2 N–H and O–H groups in total. The van der Waals surface area contributed by atoms with Gasteiger partial charge in [0.15, 0.2) is 0 Å². The van der Waals surface area contributed by atoms with Crippen molar-refractivity contribution in [2.45, 2.75) is 38.3 Å². The van der Waals surface area contributed by atoms with E-state index in [4.69, 9.17) is 17.3 Å².